The number of morpholine rings is 1. The van der Waals surface area contributed by atoms with Crippen LogP contribution in [0.2, 0.25) is 0 Å². The van der Waals surface area contributed by atoms with Gasteiger partial charge in [0.2, 0.25) is 0 Å². The van der Waals surface area contributed by atoms with Crippen LogP contribution in [0, 0.1) is 10.1 Å². The molecule has 2 heterocycles. The number of hydrogen-bond donors (Lipinski definition) is 0. The molecule has 0 saturated carbocycles. The Morgan fingerprint density at radius 3 is 2.50 bits per heavy atom. The van der Waals surface area contributed by atoms with Crippen LogP contribution in [-0.4, -0.2) is 50.4 Å². The molecular formula is C20H19BrN2O7. The molecule has 0 amide bonds. The molecule has 2 aromatic rings. The van der Waals surface area contributed by atoms with Crippen molar-refractivity contribution in [1.82, 2.24) is 0 Å². The van der Waals surface area contributed by atoms with E-state index in [-0.39, 0.29) is 17.9 Å². The van der Waals surface area contributed by atoms with E-state index in [4.69, 9.17) is 18.9 Å². The first-order valence-corrected chi connectivity index (χ1v) is 10.2. The number of ether oxygens (including phenoxy) is 4. The van der Waals surface area contributed by atoms with Crippen molar-refractivity contribution >= 4 is 33.3 Å². The van der Waals surface area contributed by atoms with Crippen molar-refractivity contribution in [2.24, 2.45) is 0 Å². The van der Waals surface area contributed by atoms with Gasteiger partial charge in [-0.2, -0.15) is 0 Å². The molecule has 0 spiro atoms. The van der Waals surface area contributed by atoms with Gasteiger partial charge in [0, 0.05) is 35.3 Å². The lowest BCUT2D eigenvalue weighted by atomic mass is 10.1. The van der Waals surface area contributed by atoms with Crippen LogP contribution >= 0.6 is 15.9 Å². The molecule has 9 nitrogen and oxygen atoms in total. The summed E-state index contributed by atoms with van der Waals surface area (Å²) >= 11 is 3.45. The Balaban J connectivity index is 1.56. The predicted molar refractivity (Wildman–Crippen MR) is 110 cm³/mol. The Morgan fingerprint density at radius 1 is 1.10 bits per heavy atom. The van der Waals surface area contributed by atoms with Crippen molar-refractivity contribution in [3.8, 4) is 11.5 Å². The van der Waals surface area contributed by atoms with Gasteiger partial charge in [0.1, 0.15) is 19.8 Å². The maximum atomic E-state index is 12.9. The number of rotatable bonds is 5. The maximum absolute atomic E-state index is 12.9. The van der Waals surface area contributed by atoms with Gasteiger partial charge in [-0.15, -0.1) is 0 Å². The molecule has 1 saturated heterocycles. The summed E-state index contributed by atoms with van der Waals surface area (Å²) < 4.78 is 22.7. The third-order valence-corrected chi connectivity index (χ3v) is 5.57. The minimum absolute atomic E-state index is 0.0265. The molecule has 1 fully saturated rings. The Kier molecular flexibility index (Phi) is 6.05. The van der Waals surface area contributed by atoms with Gasteiger partial charge in [0.15, 0.2) is 11.5 Å². The van der Waals surface area contributed by atoms with Gasteiger partial charge < -0.3 is 23.8 Å². The normalized spacial score (nSPS) is 15.6. The molecule has 0 aromatic heterocycles. The van der Waals surface area contributed by atoms with Crippen molar-refractivity contribution in [1.29, 1.82) is 0 Å². The number of nitrogens with zero attached hydrogens (tertiary/aromatic N) is 2. The minimum Gasteiger partial charge on any atom is -0.486 e. The van der Waals surface area contributed by atoms with Gasteiger partial charge in [-0.1, -0.05) is 15.9 Å². The standard InChI is InChI=1S/C20H19BrN2O7/c21-16-11-19-18(28-7-8-29-19)9-13(16)12-30-20(24)15-10-14(23(25)26)1-2-17(15)22-3-5-27-6-4-22/h1-2,9-11H,3-8,12H2. The Bertz CT molecular complexity index is 976. The van der Waals surface area contributed by atoms with E-state index in [2.05, 4.69) is 15.9 Å². The zero-order valence-corrected chi connectivity index (χ0v) is 17.6. The van der Waals surface area contributed by atoms with Crippen molar-refractivity contribution < 1.29 is 28.7 Å². The molecule has 2 aliphatic heterocycles. The number of carbonyl (C=O) groups excluding carboxylic acids is 1. The SMILES string of the molecule is O=C(OCc1cc2c(cc1Br)OCCO2)c1cc([N+](=O)[O-])ccc1N1CCOCC1. The lowest BCUT2D eigenvalue weighted by Crippen LogP contribution is -2.37. The van der Waals surface area contributed by atoms with Crippen LogP contribution in [0.3, 0.4) is 0 Å². The van der Waals surface area contributed by atoms with E-state index in [1.807, 2.05) is 4.90 Å². The van der Waals surface area contributed by atoms with Crippen LogP contribution in [0.4, 0.5) is 11.4 Å². The van der Waals surface area contributed by atoms with Crippen LogP contribution in [0.5, 0.6) is 11.5 Å². The minimum atomic E-state index is -0.637. The summed E-state index contributed by atoms with van der Waals surface area (Å²) in [4.78, 5) is 25.5. The van der Waals surface area contributed by atoms with E-state index in [9.17, 15) is 14.9 Å². The van der Waals surface area contributed by atoms with Crippen LogP contribution in [0.1, 0.15) is 15.9 Å². The average molecular weight is 479 g/mol. The maximum Gasteiger partial charge on any atom is 0.340 e. The Morgan fingerprint density at radius 2 is 1.80 bits per heavy atom. The van der Waals surface area contributed by atoms with E-state index in [1.54, 1.807) is 18.2 Å². The van der Waals surface area contributed by atoms with Gasteiger partial charge >= 0.3 is 5.97 Å². The van der Waals surface area contributed by atoms with E-state index < -0.39 is 10.9 Å². The second kappa shape index (κ2) is 8.88. The quantitative estimate of drug-likeness (QED) is 0.366. The van der Waals surface area contributed by atoms with Gasteiger partial charge in [-0.25, -0.2) is 4.79 Å². The molecule has 0 atom stereocenters. The number of non-ortho nitro benzene ring substituents is 1. The van der Waals surface area contributed by atoms with Crippen molar-refractivity contribution in [2.45, 2.75) is 6.61 Å². The van der Waals surface area contributed by atoms with Crippen LogP contribution in [0.15, 0.2) is 34.8 Å². The second-order valence-electron chi connectivity index (χ2n) is 6.72. The zero-order valence-electron chi connectivity index (χ0n) is 16.0. The van der Waals surface area contributed by atoms with Gasteiger partial charge in [0.05, 0.1) is 29.4 Å². The number of halogens is 1. The highest BCUT2D eigenvalue weighted by Gasteiger charge is 2.24. The third kappa shape index (κ3) is 4.34. The summed E-state index contributed by atoms with van der Waals surface area (Å²) in [5, 5.41) is 11.2. The first-order valence-electron chi connectivity index (χ1n) is 9.39. The molecule has 2 aromatic carbocycles. The highest BCUT2D eigenvalue weighted by molar-refractivity contribution is 9.10. The monoisotopic (exact) mass is 478 g/mol. The van der Waals surface area contributed by atoms with E-state index >= 15 is 0 Å². The van der Waals surface area contributed by atoms with E-state index in [0.717, 1.165) is 0 Å². The molecule has 30 heavy (non-hydrogen) atoms. The van der Waals surface area contributed by atoms with E-state index in [1.165, 1.54) is 12.1 Å². The third-order valence-electron chi connectivity index (χ3n) is 4.83. The summed E-state index contributed by atoms with van der Waals surface area (Å²) in [6, 6.07) is 7.75. The molecule has 4 rings (SSSR count). The fraction of sp³-hybridized carbons (Fsp3) is 0.350. The van der Waals surface area contributed by atoms with Gasteiger partial charge in [0.25, 0.3) is 5.69 Å². The summed E-state index contributed by atoms with van der Waals surface area (Å²) in [5.74, 6) is 0.568. The number of esters is 1. The zero-order chi connectivity index (χ0) is 21.1. The highest BCUT2D eigenvalue weighted by atomic mass is 79.9. The number of anilines is 1. The molecule has 0 N–H and O–H groups in total. The first-order chi connectivity index (χ1) is 14.5. The molecule has 158 valence electrons. The molecule has 0 unspecified atom stereocenters. The topological polar surface area (TPSA) is 100 Å². The summed E-state index contributed by atoms with van der Waals surface area (Å²) in [7, 11) is 0. The van der Waals surface area contributed by atoms with Gasteiger partial charge in [-0.05, 0) is 18.2 Å². The molecule has 10 heteroatoms. The van der Waals surface area contributed by atoms with Crippen molar-refractivity contribution in [3.05, 3.63) is 56.0 Å². The highest BCUT2D eigenvalue weighted by Crippen LogP contribution is 2.36. The summed E-state index contributed by atoms with van der Waals surface area (Å²) in [6.07, 6.45) is 0. The number of fused-ring (bicyclic) bond motifs is 1. The molecule has 0 bridgehead atoms. The number of benzene rings is 2. The number of nitro groups is 1. The van der Waals surface area contributed by atoms with Crippen molar-refractivity contribution in [2.75, 3.05) is 44.4 Å². The first kappa shape index (κ1) is 20.4. The predicted octanol–water partition coefficient (Wildman–Crippen LogP) is 3.32. The fourth-order valence-electron chi connectivity index (χ4n) is 3.32. The van der Waals surface area contributed by atoms with Crippen LogP contribution < -0.4 is 14.4 Å². The Hall–Kier alpha value is -2.85. The number of hydrogen-bond acceptors (Lipinski definition) is 8. The van der Waals surface area contributed by atoms with Crippen LogP contribution in [0.25, 0.3) is 0 Å². The smallest absolute Gasteiger partial charge is 0.340 e. The lowest BCUT2D eigenvalue weighted by molar-refractivity contribution is -0.384. The van der Waals surface area contributed by atoms with Crippen molar-refractivity contribution in [3.63, 3.8) is 0 Å². The molecule has 2 aliphatic rings. The molecular weight excluding hydrogens is 460 g/mol. The van der Waals surface area contributed by atoms with E-state index in [0.29, 0.717) is 66.7 Å². The lowest BCUT2D eigenvalue weighted by Gasteiger charge is -2.30. The molecule has 0 aliphatic carbocycles. The van der Waals surface area contributed by atoms with Crippen LogP contribution in [-0.2, 0) is 16.1 Å². The fourth-order valence-corrected chi connectivity index (χ4v) is 3.76. The largest absolute Gasteiger partial charge is 0.486 e. The average Bonchev–Trinajstić information content (AvgIpc) is 2.77. The molecule has 0 radical (unpaired) electrons. The number of carbonyl (C=O) groups is 1. The number of nitro benzene ring substituents is 1. The summed E-state index contributed by atoms with van der Waals surface area (Å²) in [6.45, 7) is 3.12. The Labute approximate surface area is 180 Å². The second-order valence-corrected chi connectivity index (χ2v) is 7.58. The summed E-state index contributed by atoms with van der Waals surface area (Å²) in [5.41, 5.74) is 1.28. The van der Waals surface area contributed by atoms with Gasteiger partial charge in [-0.3, -0.25) is 10.1 Å².